The minimum atomic E-state index is 0. The van der Waals surface area contributed by atoms with E-state index in [1.807, 2.05) is 18.3 Å². The van der Waals surface area contributed by atoms with E-state index in [1.54, 1.807) is 13.3 Å². The van der Waals surface area contributed by atoms with Crippen LogP contribution in [0.4, 0.5) is 5.82 Å². The van der Waals surface area contributed by atoms with Crippen LogP contribution in [0.2, 0.25) is 0 Å². The van der Waals surface area contributed by atoms with E-state index in [1.165, 1.54) is 18.4 Å². The van der Waals surface area contributed by atoms with E-state index in [2.05, 4.69) is 68.6 Å². The molecule has 8 heteroatoms. The number of piperidine rings is 1. The number of nitrogens with one attached hydrogen (secondary N) is 2. The van der Waals surface area contributed by atoms with Gasteiger partial charge < -0.3 is 20.0 Å². The molecule has 1 fully saturated rings. The maximum atomic E-state index is 5.63. The van der Waals surface area contributed by atoms with Crippen molar-refractivity contribution in [3.8, 4) is 11.5 Å². The second-order valence-corrected chi connectivity index (χ2v) is 8.48. The highest BCUT2D eigenvalue weighted by Crippen LogP contribution is 2.21. The zero-order valence-corrected chi connectivity index (χ0v) is 21.9. The van der Waals surface area contributed by atoms with Gasteiger partial charge in [-0.3, -0.25) is 4.99 Å². The largest absolute Gasteiger partial charge is 0.444 e. The molecule has 0 amide bonds. The molecule has 1 aliphatic rings. The molecule has 0 aliphatic carbocycles. The lowest BCUT2D eigenvalue weighted by Gasteiger charge is -2.31. The molecule has 7 nitrogen and oxygen atoms in total. The van der Waals surface area contributed by atoms with Crippen molar-refractivity contribution in [2.45, 2.75) is 39.8 Å². The van der Waals surface area contributed by atoms with Crippen molar-refractivity contribution in [1.29, 1.82) is 0 Å². The summed E-state index contributed by atoms with van der Waals surface area (Å²) in [5.41, 5.74) is 4.12. The Morgan fingerprint density at radius 2 is 1.82 bits per heavy atom. The summed E-state index contributed by atoms with van der Waals surface area (Å²) < 4.78 is 5.63. The fourth-order valence-electron chi connectivity index (χ4n) is 3.74. The minimum Gasteiger partial charge on any atom is -0.444 e. The van der Waals surface area contributed by atoms with Crippen molar-refractivity contribution < 1.29 is 4.42 Å². The van der Waals surface area contributed by atoms with Crippen LogP contribution in [0.25, 0.3) is 11.5 Å². The summed E-state index contributed by atoms with van der Waals surface area (Å²) in [5, 5.41) is 6.62. The Morgan fingerprint density at radius 3 is 2.48 bits per heavy atom. The van der Waals surface area contributed by atoms with Gasteiger partial charge in [-0.05, 0) is 49.4 Å². The Balaban J connectivity index is 0.00000306. The second kappa shape index (κ2) is 12.0. The van der Waals surface area contributed by atoms with E-state index in [9.17, 15) is 0 Å². The molecule has 3 heterocycles. The Kier molecular flexibility index (Phi) is 9.11. The summed E-state index contributed by atoms with van der Waals surface area (Å²) in [4.78, 5) is 15.9. The van der Waals surface area contributed by atoms with Gasteiger partial charge in [0.05, 0.1) is 12.2 Å². The molecule has 0 atom stereocenters. The van der Waals surface area contributed by atoms with Gasteiger partial charge in [0.1, 0.15) is 12.1 Å². The molecule has 4 rings (SSSR count). The predicted molar refractivity (Wildman–Crippen MR) is 144 cm³/mol. The van der Waals surface area contributed by atoms with Crippen molar-refractivity contribution in [2.75, 3.05) is 25.0 Å². The molecule has 2 N–H and O–H groups in total. The quantitative estimate of drug-likeness (QED) is 0.257. The van der Waals surface area contributed by atoms with Crippen LogP contribution in [0.1, 0.15) is 36.6 Å². The molecule has 0 bridgehead atoms. The van der Waals surface area contributed by atoms with Crippen molar-refractivity contribution in [1.82, 2.24) is 20.6 Å². The Morgan fingerprint density at radius 1 is 1.09 bits per heavy atom. The van der Waals surface area contributed by atoms with Crippen LogP contribution in [-0.2, 0) is 13.1 Å². The smallest absolute Gasteiger partial charge is 0.226 e. The zero-order chi connectivity index (χ0) is 22.3. The molecule has 1 aliphatic heterocycles. The van der Waals surface area contributed by atoms with Crippen LogP contribution >= 0.6 is 24.0 Å². The Hall–Kier alpha value is -2.62. The maximum absolute atomic E-state index is 5.63. The lowest BCUT2D eigenvalue weighted by Crippen LogP contribution is -2.36. The normalized spacial score (nSPS) is 14.6. The number of pyridine rings is 1. The summed E-state index contributed by atoms with van der Waals surface area (Å²) in [5.74, 6) is 3.22. The van der Waals surface area contributed by atoms with Crippen LogP contribution in [0.5, 0.6) is 0 Å². The number of halogens is 1. The first-order valence-electron chi connectivity index (χ1n) is 11.3. The molecule has 3 aromatic rings. The number of hydrogen-bond acceptors (Lipinski definition) is 5. The van der Waals surface area contributed by atoms with Gasteiger partial charge in [0.25, 0.3) is 0 Å². The third-order valence-electron chi connectivity index (χ3n) is 5.89. The van der Waals surface area contributed by atoms with E-state index in [0.29, 0.717) is 24.9 Å². The molecular weight excluding hydrogens is 527 g/mol. The number of aryl methyl sites for hydroxylation is 1. The first-order valence-corrected chi connectivity index (χ1v) is 11.3. The van der Waals surface area contributed by atoms with E-state index >= 15 is 0 Å². The monoisotopic (exact) mass is 560 g/mol. The number of aliphatic imine (C=N–C) groups is 1. The molecule has 0 unspecified atom stereocenters. The highest BCUT2D eigenvalue weighted by atomic mass is 127. The second-order valence-electron chi connectivity index (χ2n) is 8.48. The highest BCUT2D eigenvalue weighted by molar-refractivity contribution is 14.0. The van der Waals surface area contributed by atoms with Crippen LogP contribution in [0.15, 0.2) is 58.3 Å². The number of nitrogens with zero attached hydrogens (tertiary/aromatic N) is 4. The van der Waals surface area contributed by atoms with Crippen LogP contribution in [0.3, 0.4) is 0 Å². The molecule has 1 aromatic carbocycles. The molecule has 0 radical (unpaired) electrons. The fourth-order valence-corrected chi connectivity index (χ4v) is 3.74. The van der Waals surface area contributed by atoms with Gasteiger partial charge in [0, 0.05) is 38.4 Å². The predicted octanol–water partition coefficient (Wildman–Crippen LogP) is 4.76. The van der Waals surface area contributed by atoms with Crippen molar-refractivity contribution >= 4 is 35.8 Å². The van der Waals surface area contributed by atoms with Crippen molar-refractivity contribution in [2.24, 2.45) is 10.9 Å². The van der Waals surface area contributed by atoms with Gasteiger partial charge in [-0.2, -0.15) is 0 Å². The number of oxazole rings is 1. The first-order chi connectivity index (χ1) is 15.6. The van der Waals surface area contributed by atoms with E-state index in [0.717, 1.165) is 41.6 Å². The summed E-state index contributed by atoms with van der Waals surface area (Å²) >= 11 is 0. The van der Waals surface area contributed by atoms with Gasteiger partial charge in [-0.25, -0.2) is 9.97 Å². The van der Waals surface area contributed by atoms with Gasteiger partial charge in [0.2, 0.25) is 5.89 Å². The third-order valence-corrected chi connectivity index (χ3v) is 5.89. The number of aromatic nitrogens is 2. The Labute approximate surface area is 213 Å². The van der Waals surface area contributed by atoms with Gasteiger partial charge >= 0.3 is 0 Å². The molecule has 0 spiro atoms. The van der Waals surface area contributed by atoms with E-state index in [4.69, 9.17) is 4.42 Å². The zero-order valence-electron chi connectivity index (χ0n) is 19.5. The van der Waals surface area contributed by atoms with Crippen LogP contribution < -0.4 is 15.5 Å². The number of guanidine groups is 1. The average Bonchev–Trinajstić information content (AvgIpc) is 3.30. The fraction of sp³-hybridized carbons (Fsp3) is 0.400. The van der Waals surface area contributed by atoms with Crippen LogP contribution in [0, 0.1) is 12.8 Å². The molecule has 2 aromatic heterocycles. The number of anilines is 1. The summed E-state index contributed by atoms with van der Waals surface area (Å²) in [7, 11) is 1.76. The highest BCUT2D eigenvalue weighted by Gasteiger charge is 2.16. The SMILES string of the molecule is CN=C(NCc1ccc(N2CCC(C)CC2)nc1)NCc1coc(-c2ccc(C)cc2)n1.I. The summed E-state index contributed by atoms with van der Waals surface area (Å²) in [6.07, 6.45) is 6.11. The van der Waals surface area contributed by atoms with Crippen LogP contribution in [-0.4, -0.2) is 36.1 Å². The molecule has 33 heavy (non-hydrogen) atoms. The van der Waals surface area contributed by atoms with Gasteiger partial charge in [-0.15, -0.1) is 24.0 Å². The Bertz CT molecular complexity index is 1020. The number of rotatable bonds is 6. The van der Waals surface area contributed by atoms with Gasteiger partial charge in [0.15, 0.2) is 5.96 Å². The standard InChI is InChI=1S/C25H32N6O.HI/c1-18-4-7-21(8-5-18)24-30-22(17-32-24)16-29-25(26-3)28-15-20-6-9-23(27-14-20)31-12-10-19(2)11-13-31;/h4-9,14,17,19H,10-13,15-16H2,1-3H3,(H2,26,28,29);1H. The van der Waals surface area contributed by atoms with Gasteiger partial charge in [-0.1, -0.05) is 30.7 Å². The molecular formula is C25H33IN6O. The lowest BCUT2D eigenvalue weighted by atomic mass is 9.99. The third kappa shape index (κ3) is 6.93. The van der Waals surface area contributed by atoms with Crippen molar-refractivity contribution in [3.05, 3.63) is 65.7 Å². The molecule has 176 valence electrons. The van der Waals surface area contributed by atoms with Crippen molar-refractivity contribution in [3.63, 3.8) is 0 Å². The average molecular weight is 560 g/mol. The minimum absolute atomic E-state index is 0. The summed E-state index contributed by atoms with van der Waals surface area (Å²) in [6.45, 7) is 7.75. The lowest BCUT2D eigenvalue weighted by molar-refractivity contribution is 0.436. The topological polar surface area (TPSA) is 78.6 Å². The van der Waals surface area contributed by atoms with E-state index in [-0.39, 0.29) is 24.0 Å². The summed E-state index contributed by atoms with van der Waals surface area (Å²) in [6, 6.07) is 12.4. The first kappa shape index (κ1) is 25.0. The molecule has 1 saturated heterocycles. The van der Waals surface area contributed by atoms with E-state index < -0.39 is 0 Å². The molecule has 0 saturated carbocycles. The maximum Gasteiger partial charge on any atom is 0.226 e. The number of benzene rings is 1. The number of hydrogen-bond donors (Lipinski definition) is 2.